The number of hydrogen-bond donors (Lipinski definition) is 1. The third-order valence-corrected chi connectivity index (χ3v) is 6.42. The predicted molar refractivity (Wildman–Crippen MR) is 123 cm³/mol. The Morgan fingerprint density at radius 1 is 1.19 bits per heavy atom. The zero-order chi connectivity index (χ0) is 22.1. The summed E-state index contributed by atoms with van der Waals surface area (Å²) < 4.78 is 13.8. The van der Waals surface area contributed by atoms with E-state index in [0.29, 0.717) is 31.0 Å². The molecule has 0 radical (unpaired) electrons. The highest BCUT2D eigenvalue weighted by Gasteiger charge is 2.30. The Labute approximate surface area is 192 Å². The van der Waals surface area contributed by atoms with Gasteiger partial charge in [-0.05, 0) is 55.7 Å². The first-order valence-electron chi connectivity index (χ1n) is 11.0. The van der Waals surface area contributed by atoms with Gasteiger partial charge in [-0.1, -0.05) is 29.8 Å². The van der Waals surface area contributed by atoms with Crippen LogP contribution in [0.3, 0.4) is 0 Å². The Kier molecular flexibility index (Phi) is 5.70. The van der Waals surface area contributed by atoms with Gasteiger partial charge in [-0.25, -0.2) is 0 Å². The zero-order valence-corrected chi connectivity index (χ0v) is 18.9. The van der Waals surface area contributed by atoms with E-state index < -0.39 is 0 Å². The van der Waals surface area contributed by atoms with Crippen LogP contribution in [-0.2, 0) is 11.3 Å². The third-order valence-electron chi connectivity index (χ3n) is 6.11. The maximum atomic E-state index is 13.2. The molecule has 1 unspecified atom stereocenters. The van der Waals surface area contributed by atoms with Crippen LogP contribution in [0.1, 0.15) is 36.4 Å². The number of carbonyl (C=O) groups is 1. The number of carbonyl (C=O) groups excluding carboxylic acids is 1. The van der Waals surface area contributed by atoms with Crippen LogP contribution in [0, 0.1) is 11.7 Å². The van der Waals surface area contributed by atoms with Crippen molar-refractivity contribution in [3.8, 4) is 22.9 Å². The van der Waals surface area contributed by atoms with Crippen LogP contribution < -0.4 is 9.47 Å². The van der Waals surface area contributed by atoms with Crippen LogP contribution in [0.25, 0.3) is 11.4 Å². The van der Waals surface area contributed by atoms with Crippen molar-refractivity contribution in [3.63, 3.8) is 0 Å². The fourth-order valence-corrected chi connectivity index (χ4v) is 4.78. The first kappa shape index (κ1) is 20.8. The number of fused-ring (bicyclic) bond motifs is 1. The maximum absolute atomic E-state index is 13.2. The van der Waals surface area contributed by atoms with Crippen LogP contribution >= 0.6 is 12.2 Å². The molecule has 2 aliphatic heterocycles. The Hall–Kier alpha value is -3.13. The lowest BCUT2D eigenvalue weighted by Gasteiger charge is -2.27. The molecule has 32 heavy (non-hydrogen) atoms. The second-order valence-corrected chi connectivity index (χ2v) is 8.66. The molecule has 7 nitrogen and oxygen atoms in total. The van der Waals surface area contributed by atoms with Crippen LogP contribution in [-0.4, -0.2) is 45.3 Å². The zero-order valence-electron chi connectivity index (χ0n) is 18.0. The lowest BCUT2D eigenvalue weighted by atomic mass is 10.0. The standard InChI is InChI=1S/C24H26N4O3S/c1-16-4-2-5-18(14-16)23-25-26-24(32)28(23)11-9-22(29)27-10-3-6-19(27)17-7-8-20-21(15-17)31-13-12-30-20/h2,4-5,7-8,14-15,19H,3,6,9-13H2,1H3,(H,26,32). The summed E-state index contributed by atoms with van der Waals surface area (Å²) in [4.78, 5) is 15.2. The summed E-state index contributed by atoms with van der Waals surface area (Å²) >= 11 is 5.44. The number of rotatable bonds is 5. The van der Waals surface area contributed by atoms with Crippen LogP contribution in [0.2, 0.25) is 0 Å². The molecule has 0 spiro atoms. The smallest absolute Gasteiger partial charge is 0.224 e. The minimum absolute atomic E-state index is 0.0619. The molecule has 0 aliphatic carbocycles. The third kappa shape index (κ3) is 4.02. The number of amides is 1. The van der Waals surface area contributed by atoms with Crippen molar-refractivity contribution in [2.24, 2.45) is 0 Å². The number of nitrogens with one attached hydrogen (secondary N) is 1. The van der Waals surface area contributed by atoms with E-state index in [1.807, 2.05) is 52.8 Å². The molecule has 3 heterocycles. The van der Waals surface area contributed by atoms with Gasteiger partial charge in [0.1, 0.15) is 13.2 Å². The van der Waals surface area contributed by atoms with Crippen LogP contribution in [0.4, 0.5) is 0 Å². The highest BCUT2D eigenvalue weighted by molar-refractivity contribution is 7.71. The molecule has 3 aromatic rings. The molecule has 1 atom stereocenters. The van der Waals surface area contributed by atoms with E-state index in [0.717, 1.165) is 53.4 Å². The summed E-state index contributed by atoms with van der Waals surface area (Å²) in [6, 6.07) is 14.2. The number of aryl methyl sites for hydroxylation is 1. The predicted octanol–water partition coefficient (Wildman–Crippen LogP) is 4.44. The summed E-state index contributed by atoms with van der Waals surface area (Å²) in [5.41, 5.74) is 3.24. The second kappa shape index (κ2) is 8.78. The molecule has 1 fully saturated rings. The highest BCUT2D eigenvalue weighted by atomic mass is 32.1. The second-order valence-electron chi connectivity index (χ2n) is 8.27. The van der Waals surface area contributed by atoms with Gasteiger partial charge < -0.3 is 14.4 Å². The van der Waals surface area contributed by atoms with Gasteiger partial charge in [0.25, 0.3) is 0 Å². The van der Waals surface area contributed by atoms with Gasteiger partial charge in [0.05, 0.1) is 6.04 Å². The Morgan fingerprint density at radius 2 is 2.03 bits per heavy atom. The average molecular weight is 451 g/mol. The van der Waals surface area contributed by atoms with Crippen LogP contribution in [0.5, 0.6) is 11.5 Å². The number of H-pyrrole nitrogens is 1. The van der Waals surface area contributed by atoms with Gasteiger partial charge in [0.15, 0.2) is 22.1 Å². The van der Waals surface area contributed by atoms with E-state index in [2.05, 4.69) is 16.3 Å². The molecule has 2 aliphatic rings. The summed E-state index contributed by atoms with van der Waals surface area (Å²) in [5, 5.41) is 7.28. The van der Waals surface area contributed by atoms with Crippen molar-refractivity contribution >= 4 is 18.1 Å². The van der Waals surface area contributed by atoms with Gasteiger partial charge in [-0.3, -0.25) is 14.5 Å². The van der Waals surface area contributed by atoms with Crippen LogP contribution in [0.15, 0.2) is 42.5 Å². The number of likely N-dealkylation sites (tertiary alicyclic amines) is 1. The van der Waals surface area contributed by atoms with E-state index in [1.165, 1.54) is 0 Å². The summed E-state index contributed by atoms with van der Waals surface area (Å²) in [5.74, 6) is 2.42. The van der Waals surface area contributed by atoms with Gasteiger partial charge in [0.2, 0.25) is 5.91 Å². The Balaban J connectivity index is 1.32. The molecule has 1 N–H and O–H groups in total. The first-order valence-corrected chi connectivity index (χ1v) is 11.4. The molecule has 1 amide bonds. The van der Waals surface area contributed by atoms with Gasteiger partial charge in [0, 0.05) is 25.1 Å². The minimum atomic E-state index is 0.0619. The monoisotopic (exact) mass is 450 g/mol. The molecular formula is C24H26N4O3S. The molecule has 2 aromatic carbocycles. The largest absolute Gasteiger partial charge is 0.486 e. The van der Waals surface area contributed by atoms with Crippen molar-refractivity contribution < 1.29 is 14.3 Å². The number of aromatic amines is 1. The molecule has 1 aromatic heterocycles. The van der Waals surface area contributed by atoms with Crippen molar-refractivity contribution in [1.82, 2.24) is 19.7 Å². The summed E-state index contributed by atoms with van der Waals surface area (Å²) in [7, 11) is 0. The number of ether oxygens (including phenoxy) is 2. The minimum Gasteiger partial charge on any atom is -0.486 e. The van der Waals surface area contributed by atoms with E-state index in [9.17, 15) is 4.79 Å². The van der Waals surface area contributed by atoms with Gasteiger partial charge in [-0.2, -0.15) is 5.10 Å². The van der Waals surface area contributed by atoms with Crippen molar-refractivity contribution in [3.05, 3.63) is 58.4 Å². The first-order chi connectivity index (χ1) is 15.6. The fraction of sp³-hybridized carbons (Fsp3) is 0.375. The average Bonchev–Trinajstić information content (AvgIpc) is 3.44. The number of benzene rings is 2. The number of hydrogen-bond acceptors (Lipinski definition) is 5. The normalized spacial score (nSPS) is 17.5. The molecule has 0 bridgehead atoms. The maximum Gasteiger partial charge on any atom is 0.224 e. The van der Waals surface area contributed by atoms with Gasteiger partial charge in [-0.15, -0.1) is 0 Å². The quantitative estimate of drug-likeness (QED) is 0.582. The molecule has 166 valence electrons. The van der Waals surface area contributed by atoms with E-state index in [-0.39, 0.29) is 11.9 Å². The SMILES string of the molecule is Cc1cccc(-c2n[nH]c(=S)n2CCC(=O)N2CCCC2c2ccc3c(c2)OCCO3)c1. The lowest BCUT2D eigenvalue weighted by molar-refractivity contribution is -0.132. The Morgan fingerprint density at radius 3 is 2.88 bits per heavy atom. The highest BCUT2D eigenvalue weighted by Crippen LogP contribution is 2.38. The molecular weight excluding hydrogens is 424 g/mol. The Bertz CT molecular complexity index is 1200. The van der Waals surface area contributed by atoms with Gasteiger partial charge >= 0.3 is 0 Å². The fourth-order valence-electron chi connectivity index (χ4n) is 4.56. The molecule has 1 saturated heterocycles. The number of aromatic nitrogens is 3. The summed E-state index contributed by atoms with van der Waals surface area (Å²) in [6.07, 6.45) is 2.31. The number of nitrogens with zero attached hydrogens (tertiary/aromatic N) is 3. The topological polar surface area (TPSA) is 72.4 Å². The lowest BCUT2D eigenvalue weighted by Crippen LogP contribution is -2.31. The molecule has 8 heteroatoms. The molecule has 0 saturated carbocycles. The van der Waals surface area contributed by atoms with Crippen molar-refractivity contribution in [2.75, 3.05) is 19.8 Å². The van der Waals surface area contributed by atoms with E-state index in [1.54, 1.807) is 0 Å². The molecule has 5 rings (SSSR count). The summed E-state index contributed by atoms with van der Waals surface area (Å²) in [6.45, 7) is 4.42. The van der Waals surface area contributed by atoms with Crippen molar-refractivity contribution in [1.29, 1.82) is 0 Å². The van der Waals surface area contributed by atoms with E-state index >= 15 is 0 Å². The van der Waals surface area contributed by atoms with E-state index in [4.69, 9.17) is 21.7 Å². The van der Waals surface area contributed by atoms with Crippen molar-refractivity contribution in [2.45, 2.75) is 38.8 Å².